The first-order valence-electron chi connectivity index (χ1n) is 8.27. The zero-order valence-corrected chi connectivity index (χ0v) is 15.1. The van der Waals surface area contributed by atoms with E-state index in [4.69, 9.17) is 12.2 Å². The Bertz CT molecular complexity index is 962. The third-order valence-electron chi connectivity index (χ3n) is 4.06. The number of rotatable bonds is 6. The maximum atomic E-state index is 13.6. The van der Waals surface area contributed by atoms with Crippen molar-refractivity contribution in [1.82, 2.24) is 20.1 Å². The summed E-state index contributed by atoms with van der Waals surface area (Å²) in [5.74, 6) is 0.189. The van der Waals surface area contributed by atoms with Gasteiger partial charge in [-0.15, -0.1) is 0 Å². The van der Waals surface area contributed by atoms with Gasteiger partial charge >= 0.3 is 0 Å². The highest BCUT2D eigenvalue weighted by molar-refractivity contribution is 7.71. The number of carbonyl (C=O) groups excluding carboxylic acids is 1. The molecule has 3 rings (SSSR count). The monoisotopic (exact) mass is 370 g/mol. The zero-order valence-electron chi connectivity index (χ0n) is 14.3. The fourth-order valence-corrected chi connectivity index (χ4v) is 2.81. The topological polar surface area (TPSA) is 62.7 Å². The standard InChI is InChI=1S/C19H19FN4OS/c1-13-6-8-14(9-7-13)18-22-23-19(26)24(18)11-10-17(25)21-12-15-4-2-3-5-16(15)20/h2-9H,10-12H2,1H3,(H,21,25)(H,23,26). The normalized spacial score (nSPS) is 10.7. The van der Waals surface area contributed by atoms with Gasteiger partial charge in [0.15, 0.2) is 10.6 Å². The van der Waals surface area contributed by atoms with E-state index in [1.165, 1.54) is 6.07 Å². The van der Waals surface area contributed by atoms with Crippen molar-refractivity contribution in [2.75, 3.05) is 0 Å². The number of benzene rings is 2. The number of halogens is 1. The van der Waals surface area contributed by atoms with Crippen molar-refractivity contribution in [2.45, 2.75) is 26.4 Å². The van der Waals surface area contributed by atoms with Crippen molar-refractivity contribution in [3.05, 3.63) is 70.2 Å². The van der Waals surface area contributed by atoms with E-state index in [-0.39, 0.29) is 24.7 Å². The van der Waals surface area contributed by atoms with E-state index >= 15 is 0 Å². The average Bonchev–Trinajstić information content (AvgIpc) is 3.00. The molecule has 0 aliphatic rings. The molecule has 2 aromatic carbocycles. The summed E-state index contributed by atoms with van der Waals surface area (Å²) in [6, 6.07) is 14.3. The van der Waals surface area contributed by atoms with E-state index in [0.717, 1.165) is 11.1 Å². The molecule has 0 spiro atoms. The Kier molecular flexibility index (Phi) is 5.58. The first-order chi connectivity index (χ1) is 12.5. The van der Waals surface area contributed by atoms with E-state index in [1.807, 2.05) is 31.2 Å². The Morgan fingerprint density at radius 1 is 1.23 bits per heavy atom. The molecule has 134 valence electrons. The molecule has 0 bridgehead atoms. The van der Waals surface area contributed by atoms with E-state index in [1.54, 1.807) is 22.8 Å². The maximum Gasteiger partial charge on any atom is 0.222 e. The summed E-state index contributed by atoms with van der Waals surface area (Å²) in [5.41, 5.74) is 2.54. The first kappa shape index (κ1) is 18.0. The molecule has 1 amide bonds. The zero-order chi connectivity index (χ0) is 18.5. The van der Waals surface area contributed by atoms with Gasteiger partial charge in [-0.2, -0.15) is 5.10 Å². The van der Waals surface area contributed by atoms with E-state index < -0.39 is 0 Å². The number of nitrogens with one attached hydrogen (secondary N) is 2. The van der Waals surface area contributed by atoms with Gasteiger partial charge in [-0.1, -0.05) is 48.0 Å². The number of carbonyl (C=O) groups is 1. The number of aromatic nitrogens is 3. The molecule has 0 saturated carbocycles. The molecular weight excluding hydrogens is 351 g/mol. The van der Waals surface area contributed by atoms with E-state index in [9.17, 15) is 9.18 Å². The number of hydrogen-bond donors (Lipinski definition) is 2. The molecule has 1 aromatic heterocycles. The minimum absolute atomic E-state index is 0.160. The highest BCUT2D eigenvalue weighted by atomic mass is 32.1. The predicted octanol–water partition coefficient (Wildman–Crippen LogP) is 3.76. The second-order valence-electron chi connectivity index (χ2n) is 5.99. The molecule has 0 aliphatic carbocycles. The summed E-state index contributed by atoms with van der Waals surface area (Å²) in [6.07, 6.45) is 0.223. The Balaban J connectivity index is 1.64. The van der Waals surface area contributed by atoms with Crippen molar-refractivity contribution >= 4 is 18.1 Å². The van der Waals surface area contributed by atoms with Crippen molar-refractivity contribution in [2.24, 2.45) is 0 Å². The lowest BCUT2D eigenvalue weighted by Crippen LogP contribution is -2.24. The quantitative estimate of drug-likeness (QED) is 0.650. The number of aryl methyl sites for hydroxylation is 1. The Morgan fingerprint density at radius 2 is 1.96 bits per heavy atom. The third-order valence-corrected chi connectivity index (χ3v) is 4.38. The van der Waals surface area contributed by atoms with Crippen molar-refractivity contribution in [3.8, 4) is 11.4 Å². The lowest BCUT2D eigenvalue weighted by molar-refractivity contribution is -0.121. The minimum atomic E-state index is -0.327. The molecule has 26 heavy (non-hydrogen) atoms. The van der Waals surface area contributed by atoms with Crippen LogP contribution in [0.4, 0.5) is 4.39 Å². The van der Waals surface area contributed by atoms with Crippen LogP contribution in [-0.4, -0.2) is 20.7 Å². The molecular formula is C19H19FN4OS. The second kappa shape index (κ2) is 8.05. The van der Waals surface area contributed by atoms with Gasteiger partial charge in [0.25, 0.3) is 0 Å². The fraction of sp³-hybridized carbons (Fsp3) is 0.211. The van der Waals surface area contributed by atoms with E-state index in [2.05, 4.69) is 15.5 Å². The number of hydrogen-bond acceptors (Lipinski definition) is 3. The molecule has 0 unspecified atom stereocenters. The fourth-order valence-electron chi connectivity index (χ4n) is 2.59. The lowest BCUT2D eigenvalue weighted by Gasteiger charge is -2.09. The molecule has 1 heterocycles. The van der Waals surface area contributed by atoms with Crippen LogP contribution in [0.25, 0.3) is 11.4 Å². The SMILES string of the molecule is Cc1ccc(-c2n[nH]c(=S)n2CCC(=O)NCc2ccccc2F)cc1. The molecule has 0 aliphatic heterocycles. The van der Waals surface area contributed by atoms with Crippen molar-refractivity contribution < 1.29 is 9.18 Å². The summed E-state index contributed by atoms with van der Waals surface area (Å²) >= 11 is 5.27. The number of aromatic amines is 1. The van der Waals surface area contributed by atoms with Gasteiger partial charge in [0.2, 0.25) is 5.91 Å². The summed E-state index contributed by atoms with van der Waals surface area (Å²) in [7, 11) is 0. The molecule has 0 fully saturated rings. The van der Waals surface area contributed by atoms with Crippen molar-refractivity contribution in [3.63, 3.8) is 0 Å². The van der Waals surface area contributed by atoms with Crippen LogP contribution >= 0.6 is 12.2 Å². The minimum Gasteiger partial charge on any atom is -0.352 e. The van der Waals surface area contributed by atoms with Gasteiger partial charge in [0.1, 0.15) is 5.82 Å². The van der Waals surface area contributed by atoms with Crippen LogP contribution in [0.2, 0.25) is 0 Å². The smallest absolute Gasteiger partial charge is 0.222 e. The van der Waals surface area contributed by atoms with Crippen LogP contribution < -0.4 is 5.32 Å². The molecule has 2 N–H and O–H groups in total. The van der Waals surface area contributed by atoms with Gasteiger partial charge in [-0.05, 0) is 25.2 Å². The largest absolute Gasteiger partial charge is 0.352 e. The Hall–Kier alpha value is -2.80. The molecule has 0 radical (unpaired) electrons. The van der Waals surface area contributed by atoms with Crippen LogP contribution in [0.3, 0.4) is 0 Å². The molecule has 0 atom stereocenters. The Morgan fingerprint density at radius 3 is 2.69 bits per heavy atom. The number of H-pyrrole nitrogens is 1. The third kappa shape index (κ3) is 4.23. The van der Waals surface area contributed by atoms with Gasteiger partial charge in [-0.3, -0.25) is 14.5 Å². The predicted molar refractivity (Wildman–Crippen MR) is 100 cm³/mol. The molecule has 3 aromatic rings. The van der Waals surface area contributed by atoms with Gasteiger partial charge in [-0.25, -0.2) is 4.39 Å². The highest BCUT2D eigenvalue weighted by Gasteiger charge is 2.11. The summed E-state index contributed by atoms with van der Waals surface area (Å²) in [4.78, 5) is 12.1. The van der Waals surface area contributed by atoms with Crippen LogP contribution in [-0.2, 0) is 17.9 Å². The van der Waals surface area contributed by atoms with Crippen LogP contribution in [0.1, 0.15) is 17.5 Å². The van der Waals surface area contributed by atoms with E-state index in [0.29, 0.717) is 22.7 Å². The van der Waals surface area contributed by atoms with Crippen molar-refractivity contribution in [1.29, 1.82) is 0 Å². The first-order valence-corrected chi connectivity index (χ1v) is 8.68. The van der Waals surface area contributed by atoms with Crippen LogP contribution in [0.15, 0.2) is 48.5 Å². The lowest BCUT2D eigenvalue weighted by atomic mass is 10.1. The maximum absolute atomic E-state index is 13.6. The summed E-state index contributed by atoms with van der Waals surface area (Å²) in [5, 5.41) is 9.77. The molecule has 5 nitrogen and oxygen atoms in total. The highest BCUT2D eigenvalue weighted by Crippen LogP contribution is 2.18. The summed E-state index contributed by atoms with van der Waals surface area (Å²) < 4.78 is 15.8. The molecule has 7 heteroatoms. The average molecular weight is 370 g/mol. The number of nitrogens with zero attached hydrogens (tertiary/aromatic N) is 2. The van der Waals surface area contributed by atoms with Gasteiger partial charge in [0.05, 0.1) is 0 Å². The van der Waals surface area contributed by atoms with Crippen LogP contribution in [0, 0.1) is 17.5 Å². The Labute approximate surface area is 155 Å². The van der Waals surface area contributed by atoms with Gasteiger partial charge < -0.3 is 5.32 Å². The van der Waals surface area contributed by atoms with Gasteiger partial charge in [0, 0.05) is 30.6 Å². The second-order valence-corrected chi connectivity index (χ2v) is 6.37. The van der Waals surface area contributed by atoms with Crippen LogP contribution in [0.5, 0.6) is 0 Å². The number of amides is 1. The summed E-state index contributed by atoms with van der Waals surface area (Å²) in [6.45, 7) is 2.57. The molecule has 0 saturated heterocycles.